The summed E-state index contributed by atoms with van der Waals surface area (Å²) in [5, 5.41) is 1.00. The third-order valence-corrected chi connectivity index (χ3v) is 7.97. The van der Waals surface area contributed by atoms with Crippen molar-refractivity contribution in [3.05, 3.63) is 47.8 Å². The van der Waals surface area contributed by atoms with Gasteiger partial charge in [-0.15, -0.1) is 0 Å². The maximum absolute atomic E-state index is 13.2. The SMILES string of the molecule is CN(C)CCCOc1ncc(-c2ccc3ncc4c(c3c2)C2(CCC2)C(=O)N4C)cc1CCN[SH](=O)=O. The number of nitrogens with one attached hydrogen (secondary N) is 1. The summed E-state index contributed by atoms with van der Waals surface area (Å²) < 4.78 is 30.5. The number of nitrogens with zero attached hydrogens (tertiary/aromatic N) is 4. The molecule has 1 saturated carbocycles. The van der Waals surface area contributed by atoms with Crippen molar-refractivity contribution >= 4 is 33.4 Å². The molecule has 2 aromatic heterocycles. The molecule has 9 nitrogen and oxygen atoms in total. The Balaban J connectivity index is 1.50. The van der Waals surface area contributed by atoms with Crippen molar-refractivity contribution in [1.29, 1.82) is 0 Å². The average molecular weight is 524 g/mol. The van der Waals surface area contributed by atoms with Crippen molar-refractivity contribution in [2.75, 3.05) is 45.7 Å². The van der Waals surface area contributed by atoms with Gasteiger partial charge in [-0.1, -0.05) is 12.5 Å². The normalized spacial score (nSPS) is 16.1. The standard InChI is InChI=1S/C27H33N5O4S/c1-31(2)12-5-13-36-25-19(8-11-30-37(34)35)14-20(16-29-25)18-6-7-22-21(15-18)24-23(17-28-22)32(3)26(33)27(24)9-4-10-27/h6-7,14-17,37H,4-5,8-13H2,1-3H3,(H,30,34,35). The van der Waals surface area contributed by atoms with Crippen LogP contribution in [0.25, 0.3) is 22.0 Å². The Hall–Kier alpha value is -3.08. The Bertz CT molecular complexity index is 1410. The molecule has 5 rings (SSSR count). The molecule has 3 heterocycles. The summed E-state index contributed by atoms with van der Waals surface area (Å²) in [6.07, 6.45) is 7.71. The molecule has 1 aliphatic carbocycles. The Labute approximate surface area is 218 Å². The molecule has 1 aliphatic heterocycles. The largest absolute Gasteiger partial charge is 0.477 e. The molecule has 196 valence electrons. The summed E-state index contributed by atoms with van der Waals surface area (Å²) in [6.45, 7) is 1.70. The van der Waals surface area contributed by atoms with Gasteiger partial charge in [-0.3, -0.25) is 9.78 Å². The summed E-state index contributed by atoms with van der Waals surface area (Å²) >= 11 is 0. The third kappa shape index (κ3) is 4.81. The van der Waals surface area contributed by atoms with Crippen molar-refractivity contribution < 1.29 is 17.9 Å². The van der Waals surface area contributed by atoms with Crippen LogP contribution in [0.2, 0.25) is 0 Å². The van der Waals surface area contributed by atoms with Gasteiger partial charge >= 0.3 is 0 Å². The Kier molecular flexibility index (Phi) is 7.15. The number of benzene rings is 1. The van der Waals surface area contributed by atoms with Gasteiger partial charge in [0.15, 0.2) is 0 Å². The lowest BCUT2D eigenvalue weighted by molar-refractivity contribution is -0.125. The van der Waals surface area contributed by atoms with E-state index in [1.807, 2.05) is 45.5 Å². The highest BCUT2D eigenvalue weighted by molar-refractivity contribution is 7.70. The van der Waals surface area contributed by atoms with E-state index in [4.69, 9.17) is 4.74 Å². The molecule has 37 heavy (non-hydrogen) atoms. The zero-order valence-corrected chi connectivity index (χ0v) is 22.4. The van der Waals surface area contributed by atoms with Gasteiger partial charge in [0.05, 0.1) is 29.4 Å². The fourth-order valence-electron chi connectivity index (χ4n) is 5.45. The van der Waals surface area contributed by atoms with Crippen molar-refractivity contribution in [3.8, 4) is 17.0 Å². The molecule has 0 saturated heterocycles. The second kappa shape index (κ2) is 10.4. The number of hydrogen-bond donors (Lipinski definition) is 2. The number of ether oxygens (including phenoxy) is 1. The number of thiol groups is 1. The lowest BCUT2D eigenvalue weighted by Crippen LogP contribution is -2.43. The molecule has 1 aromatic carbocycles. The lowest BCUT2D eigenvalue weighted by atomic mass is 9.64. The third-order valence-electron chi connectivity index (χ3n) is 7.49. The highest BCUT2D eigenvalue weighted by atomic mass is 32.2. The molecule has 10 heteroatoms. The molecule has 0 atom stereocenters. The molecule has 0 radical (unpaired) electrons. The quantitative estimate of drug-likeness (QED) is 0.311. The van der Waals surface area contributed by atoms with E-state index in [9.17, 15) is 13.2 Å². The van der Waals surface area contributed by atoms with Crippen LogP contribution in [0.5, 0.6) is 5.88 Å². The number of likely N-dealkylation sites (N-methyl/N-ethyl adjacent to an activating group) is 1. The molecule has 1 spiro atoms. The van der Waals surface area contributed by atoms with Gasteiger partial charge in [0.25, 0.3) is 0 Å². The number of rotatable bonds is 10. The van der Waals surface area contributed by atoms with Gasteiger partial charge in [0, 0.05) is 48.4 Å². The Morgan fingerprint density at radius 3 is 2.65 bits per heavy atom. The van der Waals surface area contributed by atoms with E-state index < -0.39 is 16.3 Å². The van der Waals surface area contributed by atoms with Crippen molar-refractivity contribution in [2.24, 2.45) is 0 Å². The van der Waals surface area contributed by atoms with Crippen LogP contribution in [0, 0.1) is 0 Å². The van der Waals surface area contributed by atoms with E-state index in [0.717, 1.165) is 71.1 Å². The smallest absolute Gasteiger partial charge is 0.237 e. The van der Waals surface area contributed by atoms with Gasteiger partial charge in [-0.05, 0) is 63.5 Å². The van der Waals surface area contributed by atoms with Crippen LogP contribution >= 0.6 is 0 Å². The van der Waals surface area contributed by atoms with E-state index >= 15 is 0 Å². The van der Waals surface area contributed by atoms with Crippen LogP contribution in [-0.4, -0.2) is 70.0 Å². The van der Waals surface area contributed by atoms with E-state index in [2.05, 4.69) is 25.7 Å². The first-order chi connectivity index (χ1) is 17.8. The summed E-state index contributed by atoms with van der Waals surface area (Å²) in [6, 6.07) is 8.14. The van der Waals surface area contributed by atoms with E-state index in [1.165, 1.54) is 0 Å². The van der Waals surface area contributed by atoms with Gasteiger partial charge in [0.2, 0.25) is 22.7 Å². The van der Waals surface area contributed by atoms with Crippen molar-refractivity contribution in [3.63, 3.8) is 0 Å². The minimum atomic E-state index is -2.67. The molecule has 0 unspecified atom stereocenters. The van der Waals surface area contributed by atoms with Crippen LogP contribution in [0.1, 0.15) is 36.8 Å². The highest BCUT2D eigenvalue weighted by Gasteiger charge is 2.54. The molecule has 1 fully saturated rings. The number of pyridine rings is 2. The summed E-state index contributed by atoms with van der Waals surface area (Å²) in [5.74, 6) is 0.687. The first kappa shape index (κ1) is 25.6. The van der Waals surface area contributed by atoms with E-state index in [-0.39, 0.29) is 12.5 Å². The maximum Gasteiger partial charge on any atom is 0.237 e. The van der Waals surface area contributed by atoms with Crippen LogP contribution in [0.4, 0.5) is 5.69 Å². The minimum Gasteiger partial charge on any atom is -0.477 e. The molecule has 0 bridgehead atoms. The molecule has 1 N–H and O–H groups in total. The number of anilines is 1. The molecule has 3 aromatic rings. The number of carbonyl (C=O) groups is 1. The van der Waals surface area contributed by atoms with Crippen LogP contribution < -0.4 is 14.4 Å². The van der Waals surface area contributed by atoms with E-state index in [0.29, 0.717) is 18.9 Å². The highest BCUT2D eigenvalue weighted by Crippen LogP contribution is 2.55. The van der Waals surface area contributed by atoms with Gasteiger partial charge in [-0.25, -0.2) is 18.1 Å². The second-order valence-electron chi connectivity index (χ2n) is 10.2. The number of amides is 1. The first-order valence-electron chi connectivity index (χ1n) is 12.7. The van der Waals surface area contributed by atoms with E-state index in [1.54, 1.807) is 11.1 Å². The molecule has 2 aliphatic rings. The van der Waals surface area contributed by atoms with Gasteiger partial charge in [0.1, 0.15) is 0 Å². The summed E-state index contributed by atoms with van der Waals surface area (Å²) in [4.78, 5) is 26.3. The summed E-state index contributed by atoms with van der Waals surface area (Å²) in [7, 11) is 3.20. The zero-order valence-electron chi connectivity index (χ0n) is 21.5. The first-order valence-corrected chi connectivity index (χ1v) is 13.8. The Morgan fingerprint density at radius 2 is 1.95 bits per heavy atom. The predicted octanol–water partition coefficient (Wildman–Crippen LogP) is 2.68. The van der Waals surface area contributed by atoms with Crippen LogP contribution in [0.15, 0.2) is 36.7 Å². The molecular formula is C27H33N5O4S. The minimum absolute atomic E-state index is 0.164. The topological polar surface area (TPSA) is 105 Å². The monoisotopic (exact) mass is 523 g/mol. The Morgan fingerprint density at radius 1 is 1.14 bits per heavy atom. The van der Waals surface area contributed by atoms with Crippen LogP contribution in [0.3, 0.4) is 0 Å². The fraction of sp³-hybridized carbons (Fsp3) is 0.444. The number of fused-ring (bicyclic) bond motifs is 4. The van der Waals surface area contributed by atoms with Gasteiger partial charge in [-0.2, -0.15) is 0 Å². The average Bonchev–Trinajstić information content (AvgIpc) is 3.09. The second-order valence-corrected chi connectivity index (χ2v) is 11.0. The van der Waals surface area contributed by atoms with Crippen LogP contribution in [-0.2, 0) is 27.5 Å². The van der Waals surface area contributed by atoms with Crippen molar-refractivity contribution in [1.82, 2.24) is 19.6 Å². The number of aromatic nitrogens is 2. The number of carbonyl (C=O) groups excluding carboxylic acids is 1. The molecular weight excluding hydrogens is 490 g/mol. The predicted molar refractivity (Wildman–Crippen MR) is 145 cm³/mol. The fourth-order valence-corrected chi connectivity index (χ4v) is 5.74. The number of hydrogen-bond acceptors (Lipinski definition) is 7. The summed E-state index contributed by atoms with van der Waals surface area (Å²) in [5.41, 5.74) is 5.14. The zero-order chi connectivity index (χ0) is 26.2. The molecule has 1 amide bonds. The van der Waals surface area contributed by atoms with Gasteiger partial charge < -0.3 is 14.5 Å². The van der Waals surface area contributed by atoms with Crippen molar-refractivity contribution in [2.45, 2.75) is 37.5 Å². The maximum atomic E-state index is 13.2. The lowest BCUT2D eigenvalue weighted by Gasteiger charge is -2.37.